The molecule has 4 rings (SSSR count). The van der Waals surface area contributed by atoms with Crippen molar-refractivity contribution in [2.75, 3.05) is 30.5 Å². The van der Waals surface area contributed by atoms with Gasteiger partial charge in [0, 0.05) is 5.70 Å². The van der Waals surface area contributed by atoms with Crippen molar-refractivity contribution in [3.05, 3.63) is 65.6 Å². The molecule has 35 heavy (non-hydrogen) atoms. The number of carbonyl (C=O) groups is 1. The second kappa shape index (κ2) is 10.9. The number of ether oxygens (including phenoxy) is 3. The quantitative estimate of drug-likeness (QED) is 0.433. The maximum atomic E-state index is 13.7. The molecule has 184 valence electrons. The highest BCUT2D eigenvalue weighted by molar-refractivity contribution is 6.06. The van der Waals surface area contributed by atoms with Gasteiger partial charge in [-0.25, -0.2) is 4.68 Å². The van der Waals surface area contributed by atoms with Crippen molar-refractivity contribution in [1.29, 1.82) is 0 Å². The van der Waals surface area contributed by atoms with Gasteiger partial charge in [0.05, 0.1) is 31.1 Å². The van der Waals surface area contributed by atoms with Crippen LogP contribution in [0.1, 0.15) is 45.7 Å². The molecule has 2 N–H and O–H groups in total. The van der Waals surface area contributed by atoms with E-state index in [1.165, 1.54) is 6.33 Å². The van der Waals surface area contributed by atoms with Crippen molar-refractivity contribution in [2.45, 2.75) is 40.2 Å². The molecule has 1 aliphatic rings. The van der Waals surface area contributed by atoms with Gasteiger partial charge in [-0.1, -0.05) is 25.1 Å². The smallest absolute Gasteiger partial charge is 0.255 e. The summed E-state index contributed by atoms with van der Waals surface area (Å²) in [4.78, 5) is 18.0. The molecular weight excluding hydrogens is 446 g/mol. The summed E-state index contributed by atoms with van der Waals surface area (Å²) < 4.78 is 19.1. The summed E-state index contributed by atoms with van der Waals surface area (Å²) in [6.45, 7) is 9.31. The zero-order valence-electron chi connectivity index (χ0n) is 20.5. The van der Waals surface area contributed by atoms with Crippen molar-refractivity contribution in [2.24, 2.45) is 0 Å². The van der Waals surface area contributed by atoms with Gasteiger partial charge in [-0.3, -0.25) is 4.79 Å². The van der Waals surface area contributed by atoms with Gasteiger partial charge in [0.1, 0.15) is 18.1 Å². The Morgan fingerprint density at radius 2 is 1.80 bits per heavy atom. The van der Waals surface area contributed by atoms with E-state index in [1.54, 1.807) is 4.68 Å². The van der Waals surface area contributed by atoms with E-state index in [1.807, 2.05) is 63.2 Å². The van der Waals surface area contributed by atoms with Crippen LogP contribution >= 0.6 is 0 Å². The van der Waals surface area contributed by atoms with Gasteiger partial charge >= 0.3 is 0 Å². The number of benzene rings is 2. The lowest BCUT2D eigenvalue weighted by Gasteiger charge is -2.29. The maximum Gasteiger partial charge on any atom is 0.255 e. The Kier molecular flexibility index (Phi) is 7.54. The molecule has 1 aliphatic heterocycles. The number of hydrogen-bond donors (Lipinski definition) is 2. The monoisotopic (exact) mass is 477 g/mol. The zero-order chi connectivity index (χ0) is 24.8. The molecule has 0 bridgehead atoms. The van der Waals surface area contributed by atoms with Crippen LogP contribution in [-0.2, 0) is 4.79 Å². The Bertz CT molecular complexity index is 1220. The van der Waals surface area contributed by atoms with E-state index in [2.05, 4.69) is 27.6 Å². The summed E-state index contributed by atoms with van der Waals surface area (Å²) in [6.07, 6.45) is 2.36. The summed E-state index contributed by atoms with van der Waals surface area (Å²) in [5, 5.41) is 10.6. The molecule has 0 fully saturated rings. The molecule has 3 aromatic rings. The van der Waals surface area contributed by atoms with Crippen molar-refractivity contribution in [3.63, 3.8) is 0 Å². The number of aromatic nitrogens is 3. The van der Waals surface area contributed by atoms with Crippen LogP contribution in [0.15, 0.2) is 60.1 Å². The Hall–Kier alpha value is -4.01. The van der Waals surface area contributed by atoms with Crippen molar-refractivity contribution in [3.8, 4) is 17.2 Å². The topological polar surface area (TPSA) is 99.5 Å². The number of para-hydroxylation sites is 2. The molecule has 0 radical (unpaired) electrons. The number of hydrogen-bond acceptors (Lipinski definition) is 7. The Balaban J connectivity index is 1.74. The number of rotatable bonds is 10. The van der Waals surface area contributed by atoms with Crippen LogP contribution in [-0.4, -0.2) is 40.5 Å². The van der Waals surface area contributed by atoms with Crippen LogP contribution in [0.25, 0.3) is 0 Å². The SMILES string of the molecule is CCCOc1ccc(C2C(C(=O)Nc3ccccc3OCC)=C(C)Nc3ncnn32)cc1OCC. The van der Waals surface area contributed by atoms with E-state index in [0.717, 1.165) is 12.0 Å². The first kappa shape index (κ1) is 24.1. The molecule has 1 amide bonds. The lowest BCUT2D eigenvalue weighted by atomic mass is 9.94. The summed E-state index contributed by atoms with van der Waals surface area (Å²) in [5.41, 5.74) is 2.62. The average molecular weight is 478 g/mol. The molecule has 0 aliphatic carbocycles. The van der Waals surface area contributed by atoms with Gasteiger partial charge in [-0.2, -0.15) is 10.1 Å². The molecule has 0 saturated carbocycles. The summed E-state index contributed by atoms with van der Waals surface area (Å²) >= 11 is 0. The molecule has 1 aromatic heterocycles. The first-order valence-electron chi connectivity index (χ1n) is 11.9. The minimum Gasteiger partial charge on any atom is -0.492 e. The van der Waals surface area contributed by atoms with Gasteiger partial charge in [0.2, 0.25) is 5.95 Å². The average Bonchev–Trinajstić information content (AvgIpc) is 3.32. The Morgan fingerprint density at radius 3 is 2.57 bits per heavy atom. The number of carbonyl (C=O) groups excluding carboxylic acids is 1. The number of nitrogens with one attached hydrogen (secondary N) is 2. The van der Waals surface area contributed by atoms with Crippen molar-refractivity contribution in [1.82, 2.24) is 14.8 Å². The van der Waals surface area contributed by atoms with Crippen LogP contribution in [0.4, 0.5) is 11.6 Å². The second-order valence-electron chi connectivity index (χ2n) is 7.97. The molecular formula is C26H31N5O4. The van der Waals surface area contributed by atoms with Crippen molar-refractivity contribution >= 4 is 17.5 Å². The van der Waals surface area contributed by atoms with E-state index >= 15 is 0 Å². The normalized spacial score (nSPS) is 14.7. The molecule has 1 atom stereocenters. The first-order valence-corrected chi connectivity index (χ1v) is 11.9. The fourth-order valence-corrected chi connectivity index (χ4v) is 4.03. The summed E-state index contributed by atoms with van der Waals surface area (Å²) in [6, 6.07) is 12.6. The predicted octanol–water partition coefficient (Wildman–Crippen LogP) is 4.79. The number of anilines is 2. The van der Waals surface area contributed by atoms with Crippen LogP contribution in [0.2, 0.25) is 0 Å². The maximum absolute atomic E-state index is 13.7. The van der Waals surface area contributed by atoms with Crippen LogP contribution in [0.5, 0.6) is 17.2 Å². The first-order chi connectivity index (χ1) is 17.1. The van der Waals surface area contributed by atoms with Gasteiger partial charge in [-0.05, 0) is 57.0 Å². The number of fused-ring (bicyclic) bond motifs is 1. The fourth-order valence-electron chi connectivity index (χ4n) is 4.03. The van der Waals surface area contributed by atoms with E-state index in [-0.39, 0.29) is 5.91 Å². The molecule has 9 nitrogen and oxygen atoms in total. The van der Waals surface area contributed by atoms with Crippen LogP contribution in [0.3, 0.4) is 0 Å². The van der Waals surface area contributed by atoms with E-state index in [4.69, 9.17) is 14.2 Å². The Labute approximate surface area is 205 Å². The van der Waals surface area contributed by atoms with Gasteiger partial charge in [0.15, 0.2) is 11.5 Å². The highest BCUT2D eigenvalue weighted by Gasteiger charge is 2.34. The lowest BCUT2D eigenvalue weighted by molar-refractivity contribution is -0.113. The van der Waals surface area contributed by atoms with Crippen LogP contribution in [0, 0.1) is 0 Å². The lowest BCUT2D eigenvalue weighted by Crippen LogP contribution is -2.31. The second-order valence-corrected chi connectivity index (χ2v) is 7.97. The summed E-state index contributed by atoms with van der Waals surface area (Å²) in [5.74, 6) is 2.19. The van der Waals surface area contributed by atoms with Crippen LogP contribution < -0.4 is 24.8 Å². The molecule has 9 heteroatoms. The number of nitrogens with zero attached hydrogens (tertiary/aromatic N) is 3. The molecule has 1 unspecified atom stereocenters. The third kappa shape index (κ3) is 5.08. The largest absolute Gasteiger partial charge is 0.492 e. The van der Waals surface area contributed by atoms with E-state index in [9.17, 15) is 4.79 Å². The van der Waals surface area contributed by atoms with E-state index in [0.29, 0.717) is 60.0 Å². The predicted molar refractivity (Wildman–Crippen MR) is 134 cm³/mol. The standard InChI is InChI=1S/C26H31N5O4/c1-5-14-35-21-13-12-18(15-22(21)34-7-3)24-23(17(4)29-26-27-16-28-31(24)26)25(32)30-19-10-8-9-11-20(19)33-6-2/h8-13,15-16,24H,5-7,14H2,1-4H3,(H,30,32)(H,27,28,29). The minimum absolute atomic E-state index is 0.266. The van der Waals surface area contributed by atoms with Gasteiger partial charge < -0.3 is 24.8 Å². The van der Waals surface area contributed by atoms with Crippen molar-refractivity contribution < 1.29 is 19.0 Å². The van der Waals surface area contributed by atoms with Gasteiger partial charge in [-0.15, -0.1) is 0 Å². The number of allylic oxidation sites excluding steroid dienone is 1. The third-order valence-electron chi connectivity index (χ3n) is 5.52. The van der Waals surface area contributed by atoms with E-state index < -0.39 is 6.04 Å². The summed E-state index contributed by atoms with van der Waals surface area (Å²) in [7, 11) is 0. The minimum atomic E-state index is -0.521. The Morgan fingerprint density at radius 1 is 1.03 bits per heavy atom. The highest BCUT2D eigenvalue weighted by atomic mass is 16.5. The molecule has 0 saturated heterocycles. The fraction of sp³-hybridized carbons (Fsp3) is 0.346. The zero-order valence-corrected chi connectivity index (χ0v) is 20.5. The highest BCUT2D eigenvalue weighted by Crippen LogP contribution is 2.39. The molecule has 2 heterocycles. The molecule has 2 aromatic carbocycles. The third-order valence-corrected chi connectivity index (χ3v) is 5.52. The number of amides is 1. The van der Waals surface area contributed by atoms with Gasteiger partial charge in [0.25, 0.3) is 5.91 Å². The molecule has 0 spiro atoms.